The van der Waals surface area contributed by atoms with Crippen molar-refractivity contribution in [2.75, 3.05) is 0 Å². The number of hydrogen-bond donors (Lipinski definition) is 3. The van der Waals surface area contributed by atoms with E-state index in [1.165, 1.54) is 12.1 Å². The van der Waals surface area contributed by atoms with Gasteiger partial charge in [-0.05, 0) is 73.4 Å². The van der Waals surface area contributed by atoms with Crippen molar-refractivity contribution in [2.45, 2.75) is 20.8 Å². The molecular weight excluding hydrogens is 531 g/mol. The average molecular weight is 571 g/mol. The number of aryl methyl sites for hydroxylation is 1. The molecule has 4 N–H and O–H groups in total. The number of nitrogens with one attached hydrogen (secondary N) is 2. The molecule has 0 fully saturated rings. The molecule has 4 nitrogen and oxygen atoms in total. The van der Waals surface area contributed by atoms with Crippen LogP contribution in [0.5, 0.6) is 0 Å². The Bertz CT molecular complexity index is 1690. The third kappa shape index (κ3) is 8.08. The van der Waals surface area contributed by atoms with E-state index < -0.39 is 0 Å². The van der Waals surface area contributed by atoms with Gasteiger partial charge in [0.15, 0.2) is 0 Å². The van der Waals surface area contributed by atoms with Crippen molar-refractivity contribution in [3.05, 3.63) is 192 Å². The quantitative estimate of drug-likeness (QED) is 0.180. The topological polar surface area (TPSA) is 66.7 Å². The van der Waals surface area contributed by atoms with Crippen LogP contribution in [0.25, 0.3) is 16.8 Å². The molecule has 0 bridgehead atoms. The van der Waals surface area contributed by atoms with Crippen LogP contribution in [-0.4, -0.2) is 9.97 Å². The van der Waals surface area contributed by atoms with Gasteiger partial charge in [-0.2, -0.15) is 0 Å². The fourth-order valence-electron chi connectivity index (χ4n) is 4.37. The van der Waals surface area contributed by atoms with E-state index in [0.717, 1.165) is 44.9 Å². The van der Waals surface area contributed by atoms with Gasteiger partial charge in [0, 0.05) is 39.5 Å². The van der Waals surface area contributed by atoms with Gasteiger partial charge in [0.1, 0.15) is 11.6 Å². The zero-order valence-electron chi connectivity index (χ0n) is 25.2. The Morgan fingerprint density at radius 3 is 2.19 bits per heavy atom. The Morgan fingerprint density at radius 2 is 1.60 bits per heavy atom. The highest BCUT2D eigenvalue weighted by atomic mass is 19.1. The van der Waals surface area contributed by atoms with Crippen LogP contribution in [0.1, 0.15) is 42.2 Å². The maximum absolute atomic E-state index is 13.6. The van der Waals surface area contributed by atoms with Crippen molar-refractivity contribution < 1.29 is 4.39 Å². The molecule has 0 saturated carbocycles. The first-order valence-electron chi connectivity index (χ1n) is 13.8. The maximum Gasteiger partial charge on any atom is 0.138 e. The van der Waals surface area contributed by atoms with Crippen LogP contribution in [0.15, 0.2) is 158 Å². The van der Waals surface area contributed by atoms with Gasteiger partial charge in [0.2, 0.25) is 0 Å². The molecule has 0 aliphatic rings. The second-order valence-electron chi connectivity index (χ2n) is 9.71. The van der Waals surface area contributed by atoms with E-state index in [0.29, 0.717) is 28.4 Å². The van der Waals surface area contributed by atoms with Gasteiger partial charge in [-0.25, -0.2) is 9.37 Å². The standard InChI is InChI=1S/C38H39FN4/c1-9-16-34(31-19-21-32(39)22-20-31)37-28(8)42-38(43-37)26(6)35(36(40)12-4)23-25(5)29(10-2)24-33(11-3)41-27(7)30-17-14-13-15-18-30/h9-24,41H,1,3,5-7,40H2,2,4,8H3,(H,42,43)/b29-10+,33-24+,34-16-,35-23-,36-12+. The van der Waals surface area contributed by atoms with Crippen LogP contribution in [0.3, 0.4) is 0 Å². The summed E-state index contributed by atoms with van der Waals surface area (Å²) in [5.41, 5.74) is 15.5. The molecule has 0 spiro atoms. The second kappa shape index (κ2) is 15.0. The summed E-state index contributed by atoms with van der Waals surface area (Å²) in [6, 6.07) is 16.1. The summed E-state index contributed by atoms with van der Waals surface area (Å²) in [5, 5.41) is 3.33. The molecule has 3 rings (SSSR count). The fraction of sp³-hybridized carbons (Fsp3) is 0.0789. The Kier molecular flexibility index (Phi) is 11.2. The summed E-state index contributed by atoms with van der Waals surface area (Å²) in [6.07, 6.45) is 12.9. The zero-order valence-corrected chi connectivity index (χ0v) is 25.2. The normalized spacial score (nSPS) is 13.0. The largest absolute Gasteiger partial charge is 0.398 e. The minimum absolute atomic E-state index is 0.307. The van der Waals surface area contributed by atoms with Gasteiger partial charge in [-0.15, -0.1) is 0 Å². The van der Waals surface area contributed by atoms with Crippen molar-refractivity contribution in [1.29, 1.82) is 0 Å². The van der Waals surface area contributed by atoms with E-state index in [2.05, 4.69) is 43.2 Å². The predicted molar refractivity (Wildman–Crippen MR) is 182 cm³/mol. The molecule has 43 heavy (non-hydrogen) atoms. The monoisotopic (exact) mass is 570 g/mol. The van der Waals surface area contributed by atoms with Gasteiger partial charge < -0.3 is 16.0 Å². The lowest BCUT2D eigenvalue weighted by atomic mass is 9.97. The van der Waals surface area contributed by atoms with Gasteiger partial charge in [-0.1, -0.05) is 99.7 Å². The van der Waals surface area contributed by atoms with Crippen molar-refractivity contribution in [3.8, 4) is 0 Å². The van der Waals surface area contributed by atoms with Crippen molar-refractivity contribution in [3.63, 3.8) is 0 Å². The van der Waals surface area contributed by atoms with Crippen LogP contribution in [-0.2, 0) is 0 Å². The molecule has 3 aromatic rings. The van der Waals surface area contributed by atoms with Gasteiger partial charge >= 0.3 is 0 Å². The third-order valence-electron chi connectivity index (χ3n) is 6.76. The minimum Gasteiger partial charge on any atom is -0.398 e. The Balaban J connectivity index is 1.96. The number of aromatic amines is 1. The lowest BCUT2D eigenvalue weighted by Crippen LogP contribution is -2.10. The summed E-state index contributed by atoms with van der Waals surface area (Å²) in [5.74, 6) is 0.248. The molecule has 0 atom stereocenters. The molecule has 1 heterocycles. The van der Waals surface area contributed by atoms with E-state index in [1.807, 2.05) is 81.5 Å². The van der Waals surface area contributed by atoms with Crippen molar-refractivity contribution in [2.24, 2.45) is 5.73 Å². The Labute approximate surface area is 255 Å². The maximum atomic E-state index is 13.6. The molecule has 0 amide bonds. The summed E-state index contributed by atoms with van der Waals surface area (Å²) in [4.78, 5) is 8.23. The van der Waals surface area contributed by atoms with Crippen molar-refractivity contribution in [1.82, 2.24) is 15.3 Å². The molecule has 0 aliphatic carbocycles. The molecular formula is C38H39FN4. The number of rotatable bonds is 13. The van der Waals surface area contributed by atoms with Crippen LogP contribution in [0, 0.1) is 12.7 Å². The first kappa shape index (κ1) is 32.1. The summed E-state index contributed by atoms with van der Waals surface area (Å²) < 4.78 is 13.6. The first-order chi connectivity index (χ1) is 20.6. The number of allylic oxidation sites excluding steroid dienone is 10. The highest BCUT2D eigenvalue weighted by Gasteiger charge is 2.18. The van der Waals surface area contributed by atoms with Gasteiger partial charge in [0.05, 0.1) is 5.69 Å². The highest BCUT2D eigenvalue weighted by molar-refractivity contribution is 5.84. The summed E-state index contributed by atoms with van der Waals surface area (Å²) in [7, 11) is 0. The smallest absolute Gasteiger partial charge is 0.138 e. The molecule has 0 radical (unpaired) electrons. The SMILES string of the molecule is C=C/C=C(/c1ccc(F)cc1)c1nc(C(=C)C(=C/C(=C)C(/C=C(\C=C)NC(=C)c2ccccc2)=C/C)/C(N)=C\C)[nH]c1C. The third-order valence-corrected chi connectivity index (χ3v) is 6.76. The second-order valence-corrected chi connectivity index (χ2v) is 9.71. The number of nitrogens with two attached hydrogens (primary N) is 1. The van der Waals surface area contributed by atoms with E-state index in [1.54, 1.807) is 24.3 Å². The molecule has 1 aromatic heterocycles. The van der Waals surface area contributed by atoms with Gasteiger partial charge in [0.25, 0.3) is 0 Å². The molecule has 0 unspecified atom stereocenters. The van der Waals surface area contributed by atoms with E-state index in [4.69, 9.17) is 10.7 Å². The number of halogens is 1. The van der Waals surface area contributed by atoms with E-state index >= 15 is 0 Å². The average Bonchev–Trinajstić information content (AvgIpc) is 3.41. The number of hydrogen-bond acceptors (Lipinski definition) is 3. The number of nitrogens with zero attached hydrogens (tertiary/aromatic N) is 1. The van der Waals surface area contributed by atoms with E-state index in [-0.39, 0.29) is 5.82 Å². The minimum atomic E-state index is -0.307. The zero-order chi connectivity index (χ0) is 31.5. The van der Waals surface area contributed by atoms with Crippen LogP contribution in [0.4, 0.5) is 4.39 Å². The number of H-pyrrole nitrogens is 1. The summed E-state index contributed by atoms with van der Waals surface area (Å²) >= 11 is 0. The van der Waals surface area contributed by atoms with Crippen LogP contribution in [0.2, 0.25) is 0 Å². The van der Waals surface area contributed by atoms with Gasteiger partial charge in [-0.3, -0.25) is 0 Å². The van der Waals surface area contributed by atoms with Crippen LogP contribution >= 0.6 is 0 Å². The lowest BCUT2D eigenvalue weighted by molar-refractivity contribution is 0.627. The molecule has 218 valence electrons. The van der Waals surface area contributed by atoms with Crippen LogP contribution < -0.4 is 11.1 Å². The Hall–Kier alpha value is -5.42. The number of benzene rings is 2. The fourth-order valence-corrected chi connectivity index (χ4v) is 4.37. The number of aromatic nitrogens is 2. The molecule has 0 aliphatic heterocycles. The Morgan fingerprint density at radius 1 is 0.930 bits per heavy atom. The molecule has 2 aromatic carbocycles. The predicted octanol–water partition coefficient (Wildman–Crippen LogP) is 9.11. The number of imidazole rings is 1. The van der Waals surface area contributed by atoms with Crippen molar-refractivity contribution >= 4 is 16.8 Å². The molecule has 5 heteroatoms. The lowest BCUT2D eigenvalue weighted by Gasteiger charge is -2.14. The highest BCUT2D eigenvalue weighted by Crippen LogP contribution is 2.31. The first-order valence-corrected chi connectivity index (χ1v) is 13.8. The van der Waals surface area contributed by atoms with E-state index in [9.17, 15) is 4.39 Å². The summed E-state index contributed by atoms with van der Waals surface area (Å²) in [6.45, 7) is 26.4. The molecule has 0 saturated heterocycles.